The van der Waals surface area contributed by atoms with Crippen LogP contribution in [-0.4, -0.2) is 30.6 Å². The maximum atomic E-state index is 13.1. The van der Waals surface area contributed by atoms with E-state index in [9.17, 15) is 4.39 Å². The van der Waals surface area contributed by atoms with E-state index in [0.717, 1.165) is 28.3 Å². The highest BCUT2D eigenvalue weighted by atomic mass is 127. The van der Waals surface area contributed by atoms with Crippen LogP contribution in [0.25, 0.3) is 0 Å². The van der Waals surface area contributed by atoms with Gasteiger partial charge < -0.3 is 10.2 Å². The van der Waals surface area contributed by atoms with Crippen LogP contribution in [0.15, 0.2) is 18.2 Å². The fourth-order valence-electron chi connectivity index (χ4n) is 2.60. The normalized spacial score (nSPS) is 17.9. The first-order chi connectivity index (χ1) is 9.04. The van der Waals surface area contributed by atoms with Crippen LogP contribution in [0.5, 0.6) is 0 Å². The Hall–Kier alpha value is -0.360. The first-order valence-electron chi connectivity index (χ1n) is 6.98. The Balaban J connectivity index is 1.85. The van der Waals surface area contributed by atoms with Gasteiger partial charge >= 0.3 is 0 Å². The second-order valence-electron chi connectivity index (χ2n) is 5.74. The molecule has 0 amide bonds. The van der Waals surface area contributed by atoms with Crippen LogP contribution >= 0.6 is 22.6 Å². The molecule has 1 N–H and O–H groups in total. The zero-order valence-corrected chi connectivity index (χ0v) is 13.8. The molecule has 106 valence electrons. The molecular weight excluding hydrogens is 354 g/mol. The van der Waals surface area contributed by atoms with Gasteiger partial charge in [-0.15, -0.1) is 0 Å². The predicted molar refractivity (Wildman–Crippen MR) is 87.0 cm³/mol. The summed E-state index contributed by atoms with van der Waals surface area (Å²) in [6, 6.07) is 5.47. The largest absolute Gasteiger partial charge is 0.381 e. The molecule has 0 bridgehead atoms. The monoisotopic (exact) mass is 376 g/mol. The van der Waals surface area contributed by atoms with Crippen molar-refractivity contribution in [1.29, 1.82) is 0 Å². The van der Waals surface area contributed by atoms with Gasteiger partial charge in [-0.05, 0) is 59.5 Å². The van der Waals surface area contributed by atoms with E-state index in [4.69, 9.17) is 0 Å². The Morgan fingerprint density at radius 3 is 2.63 bits per heavy atom. The summed E-state index contributed by atoms with van der Waals surface area (Å²) in [5.41, 5.74) is 1.06. The zero-order chi connectivity index (χ0) is 13.8. The number of hydrogen-bond acceptors (Lipinski definition) is 2. The number of benzene rings is 1. The number of hydrogen-bond donors (Lipinski definition) is 1. The van der Waals surface area contributed by atoms with E-state index in [1.165, 1.54) is 25.5 Å². The fourth-order valence-corrected chi connectivity index (χ4v) is 3.24. The summed E-state index contributed by atoms with van der Waals surface area (Å²) in [7, 11) is 0. The topological polar surface area (TPSA) is 15.3 Å². The van der Waals surface area contributed by atoms with Crippen LogP contribution in [0.1, 0.15) is 26.7 Å². The molecule has 4 heteroatoms. The fraction of sp³-hybridized carbons (Fsp3) is 0.600. The van der Waals surface area contributed by atoms with Gasteiger partial charge in [-0.25, -0.2) is 4.39 Å². The third-order valence-electron chi connectivity index (χ3n) is 3.50. The molecule has 1 saturated heterocycles. The van der Waals surface area contributed by atoms with Gasteiger partial charge in [0.25, 0.3) is 0 Å². The smallest absolute Gasteiger partial charge is 0.124 e. The average Bonchev–Trinajstić information content (AvgIpc) is 2.34. The Morgan fingerprint density at radius 1 is 1.37 bits per heavy atom. The van der Waals surface area contributed by atoms with E-state index >= 15 is 0 Å². The number of piperidine rings is 1. The zero-order valence-electron chi connectivity index (χ0n) is 11.6. The quantitative estimate of drug-likeness (QED) is 0.801. The summed E-state index contributed by atoms with van der Waals surface area (Å²) in [6.07, 6.45) is 2.33. The lowest BCUT2D eigenvalue weighted by atomic mass is 10.0. The van der Waals surface area contributed by atoms with E-state index in [1.807, 2.05) is 6.07 Å². The molecule has 1 aliphatic heterocycles. The summed E-state index contributed by atoms with van der Waals surface area (Å²) in [5, 5.41) is 3.55. The molecule has 0 radical (unpaired) electrons. The lowest BCUT2D eigenvalue weighted by Crippen LogP contribution is -2.40. The van der Waals surface area contributed by atoms with Crippen LogP contribution < -0.4 is 5.32 Å². The van der Waals surface area contributed by atoms with Crippen molar-refractivity contribution in [1.82, 2.24) is 4.90 Å². The number of anilines is 1. The molecule has 2 rings (SSSR count). The van der Waals surface area contributed by atoms with Gasteiger partial charge in [0.2, 0.25) is 0 Å². The summed E-state index contributed by atoms with van der Waals surface area (Å²) in [6.45, 7) is 8.05. The van der Waals surface area contributed by atoms with E-state index in [2.05, 4.69) is 46.7 Å². The second-order valence-corrected chi connectivity index (χ2v) is 6.90. The minimum atomic E-state index is -0.165. The van der Waals surface area contributed by atoms with Crippen molar-refractivity contribution >= 4 is 28.3 Å². The van der Waals surface area contributed by atoms with Crippen LogP contribution in [0.4, 0.5) is 10.1 Å². The molecule has 1 aromatic carbocycles. The first-order valence-corrected chi connectivity index (χ1v) is 8.06. The lowest BCUT2D eigenvalue weighted by molar-refractivity contribution is 0.198. The molecule has 0 aliphatic carbocycles. The van der Waals surface area contributed by atoms with Gasteiger partial charge in [-0.2, -0.15) is 0 Å². The van der Waals surface area contributed by atoms with E-state index in [-0.39, 0.29) is 5.82 Å². The second kappa shape index (κ2) is 6.88. The summed E-state index contributed by atoms with van der Waals surface area (Å²) in [5.74, 6) is 0.573. The number of likely N-dealkylation sites (tertiary alicyclic amines) is 1. The number of halogens is 2. The van der Waals surface area contributed by atoms with Crippen LogP contribution in [-0.2, 0) is 0 Å². The molecule has 0 spiro atoms. The van der Waals surface area contributed by atoms with Crippen molar-refractivity contribution in [2.75, 3.05) is 25.0 Å². The van der Waals surface area contributed by atoms with Crippen LogP contribution in [0.2, 0.25) is 0 Å². The maximum Gasteiger partial charge on any atom is 0.124 e. The number of nitrogens with one attached hydrogen (secondary N) is 1. The average molecular weight is 376 g/mol. The van der Waals surface area contributed by atoms with Crippen molar-refractivity contribution in [3.8, 4) is 0 Å². The van der Waals surface area contributed by atoms with E-state index in [1.54, 1.807) is 6.07 Å². The Morgan fingerprint density at radius 2 is 2.05 bits per heavy atom. The molecule has 19 heavy (non-hydrogen) atoms. The summed E-state index contributed by atoms with van der Waals surface area (Å²) < 4.78 is 14.0. The molecular formula is C15H22FIN2. The van der Waals surface area contributed by atoms with Crippen molar-refractivity contribution in [2.45, 2.75) is 32.7 Å². The maximum absolute atomic E-state index is 13.1. The Bertz CT molecular complexity index is 415. The minimum absolute atomic E-state index is 0.165. The van der Waals surface area contributed by atoms with Gasteiger partial charge in [0.15, 0.2) is 0 Å². The lowest BCUT2D eigenvalue weighted by Gasteiger charge is -2.34. The summed E-state index contributed by atoms with van der Waals surface area (Å²) >= 11 is 2.19. The van der Waals surface area contributed by atoms with Gasteiger partial charge in [0.1, 0.15) is 5.82 Å². The third kappa shape index (κ3) is 4.60. The molecule has 0 aromatic heterocycles. The van der Waals surface area contributed by atoms with Gasteiger partial charge in [0.05, 0.1) is 0 Å². The van der Waals surface area contributed by atoms with Crippen molar-refractivity contribution in [3.63, 3.8) is 0 Å². The molecule has 1 fully saturated rings. The van der Waals surface area contributed by atoms with E-state index in [0.29, 0.717) is 6.04 Å². The molecule has 1 aliphatic rings. The number of rotatable bonds is 4. The Kier molecular flexibility index (Phi) is 5.45. The molecule has 1 heterocycles. The highest BCUT2D eigenvalue weighted by molar-refractivity contribution is 14.1. The van der Waals surface area contributed by atoms with Crippen molar-refractivity contribution in [3.05, 3.63) is 27.6 Å². The van der Waals surface area contributed by atoms with Crippen LogP contribution in [0, 0.1) is 15.3 Å². The van der Waals surface area contributed by atoms with E-state index < -0.39 is 0 Å². The number of nitrogens with zero attached hydrogens (tertiary/aromatic N) is 1. The molecule has 0 saturated carbocycles. The van der Waals surface area contributed by atoms with Crippen molar-refractivity contribution < 1.29 is 4.39 Å². The van der Waals surface area contributed by atoms with Crippen LogP contribution in [0.3, 0.4) is 0 Å². The highest BCUT2D eigenvalue weighted by Gasteiger charge is 2.19. The molecule has 0 atom stereocenters. The highest BCUT2D eigenvalue weighted by Crippen LogP contribution is 2.23. The first kappa shape index (κ1) is 15.0. The predicted octanol–water partition coefficient (Wildman–Crippen LogP) is 3.96. The van der Waals surface area contributed by atoms with Gasteiger partial charge in [-0.3, -0.25) is 0 Å². The van der Waals surface area contributed by atoms with Gasteiger partial charge in [-0.1, -0.05) is 13.8 Å². The minimum Gasteiger partial charge on any atom is -0.381 e. The SMILES string of the molecule is CC(C)CN1CCC(Nc2ccc(F)cc2I)CC1. The third-order valence-corrected chi connectivity index (χ3v) is 4.39. The van der Waals surface area contributed by atoms with Crippen molar-refractivity contribution in [2.24, 2.45) is 5.92 Å². The molecule has 2 nitrogen and oxygen atoms in total. The molecule has 1 aromatic rings. The summed E-state index contributed by atoms with van der Waals surface area (Å²) in [4.78, 5) is 2.54. The van der Waals surface area contributed by atoms with Gasteiger partial charge in [0, 0.05) is 34.9 Å². The molecule has 0 unspecified atom stereocenters. The standard InChI is InChI=1S/C15H22FIN2/c1-11(2)10-19-7-5-13(6-8-19)18-15-4-3-12(16)9-14(15)17/h3-4,9,11,13,18H,5-8,10H2,1-2H3. The Labute approximate surface area is 128 Å².